The van der Waals surface area contributed by atoms with E-state index in [-0.39, 0.29) is 5.56 Å². The van der Waals surface area contributed by atoms with Crippen LogP contribution in [0.15, 0.2) is 36.7 Å². The van der Waals surface area contributed by atoms with Crippen molar-refractivity contribution in [3.63, 3.8) is 0 Å². The van der Waals surface area contributed by atoms with Gasteiger partial charge in [0.25, 0.3) is 0 Å². The third kappa shape index (κ3) is 2.38. The molecule has 0 radical (unpaired) electrons. The van der Waals surface area contributed by atoms with Gasteiger partial charge in [0.2, 0.25) is 0 Å². The van der Waals surface area contributed by atoms with Crippen LogP contribution < -0.4 is 0 Å². The van der Waals surface area contributed by atoms with Crippen LogP contribution >= 0.6 is 0 Å². The molecule has 3 aromatic rings. The summed E-state index contributed by atoms with van der Waals surface area (Å²) in [6.45, 7) is 4.69. The molecule has 0 atom stereocenters. The quantitative estimate of drug-likeness (QED) is 0.801. The van der Waals surface area contributed by atoms with Crippen molar-refractivity contribution in [2.75, 3.05) is 0 Å². The number of carboxylic acid groups (broad SMARTS) is 1. The Morgan fingerprint density at radius 1 is 1.33 bits per heavy atom. The molecule has 1 N–H and O–H groups in total. The number of aryl methyl sites for hydroxylation is 2. The van der Waals surface area contributed by atoms with E-state index in [0.29, 0.717) is 16.6 Å². The average molecular weight is 281 g/mol. The van der Waals surface area contributed by atoms with Crippen LogP contribution in [0.1, 0.15) is 22.8 Å². The minimum absolute atomic E-state index is 0.267. The van der Waals surface area contributed by atoms with E-state index >= 15 is 0 Å². The number of rotatable bonds is 3. The Balaban J connectivity index is 2.25. The number of hydrogen-bond acceptors (Lipinski definition) is 3. The second kappa shape index (κ2) is 5.01. The molecule has 0 fully saturated rings. The lowest BCUT2D eigenvalue weighted by atomic mass is 10.0. The van der Waals surface area contributed by atoms with Gasteiger partial charge in [0.1, 0.15) is 0 Å². The van der Waals surface area contributed by atoms with Crippen LogP contribution in [0.3, 0.4) is 0 Å². The van der Waals surface area contributed by atoms with Gasteiger partial charge in [-0.2, -0.15) is 5.10 Å². The maximum atomic E-state index is 11.5. The summed E-state index contributed by atoms with van der Waals surface area (Å²) in [6, 6.07) is 7.25. The Morgan fingerprint density at radius 2 is 2.14 bits per heavy atom. The van der Waals surface area contributed by atoms with E-state index in [1.165, 1.54) is 0 Å². The Kier molecular flexibility index (Phi) is 3.17. The lowest BCUT2D eigenvalue weighted by Gasteiger charge is -2.06. The molecule has 0 aliphatic heterocycles. The smallest absolute Gasteiger partial charge is 0.336 e. The minimum Gasteiger partial charge on any atom is -0.478 e. The van der Waals surface area contributed by atoms with Gasteiger partial charge in [-0.1, -0.05) is 11.6 Å². The van der Waals surface area contributed by atoms with Crippen molar-refractivity contribution in [1.29, 1.82) is 0 Å². The molecule has 21 heavy (non-hydrogen) atoms. The summed E-state index contributed by atoms with van der Waals surface area (Å²) in [4.78, 5) is 16.1. The Morgan fingerprint density at radius 3 is 2.81 bits per heavy atom. The molecule has 0 amide bonds. The predicted molar refractivity (Wildman–Crippen MR) is 80.3 cm³/mol. The standard InChI is InChI=1S/C16H15N3O2/c1-3-19-9-11(8-17-19)15-7-13(16(20)21)12-6-10(2)4-5-14(12)18-15/h4-9H,3H2,1-2H3,(H,20,21). The molecule has 0 saturated heterocycles. The molecule has 2 heterocycles. The second-order valence-electron chi connectivity index (χ2n) is 4.97. The normalized spacial score (nSPS) is 11.0. The highest BCUT2D eigenvalue weighted by molar-refractivity contribution is 6.03. The van der Waals surface area contributed by atoms with Crippen LogP contribution in [0.2, 0.25) is 0 Å². The first kappa shape index (κ1) is 13.3. The molecule has 0 aliphatic carbocycles. The summed E-state index contributed by atoms with van der Waals surface area (Å²) in [6.07, 6.45) is 3.57. The Bertz CT molecular complexity index is 837. The van der Waals surface area contributed by atoms with Crippen molar-refractivity contribution in [2.24, 2.45) is 0 Å². The SMILES string of the molecule is CCn1cc(-c2cc(C(=O)O)c3cc(C)ccc3n2)cn1. The summed E-state index contributed by atoms with van der Waals surface area (Å²) in [5.41, 5.74) is 3.41. The number of carbonyl (C=O) groups is 1. The molecule has 0 saturated carbocycles. The second-order valence-corrected chi connectivity index (χ2v) is 4.97. The van der Waals surface area contributed by atoms with Crippen molar-refractivity contribution in [3.05, 3.63) is 47.8 Å². The Labute approximate surface area is 121 Å². The lowest BCUT2D eigenvalue weighted by Crippen LogP contribution is -2.00. The Hall–Kier alpha value is -2.69. The summed E-state index contributed by atoms with van der Waals surface area (Å²) in [5, 5.41) is 14.3. The number of aromatic carboxylic acids is 1. The van der Waals surface area contributed by atoms with Crippen molar-refractivity contribution in [3.8, 4) is 11.3 Å². The topological polar surface area (TPSA) is 68.0 Å². The molecular formula is C16H15N3O2. The van der Waals surface area contributed by atoms with Crippen molar-refractivity contribution >= 4 is 16.9 Å². The van der Waals surface area contributed by atoms with Crippen LogP contribution in [-0.2, 0) is 6.54 Å². The zero-order valence-electron chi connectivity index (χ0n) is 11.9. The lowest BCUT2D eigenvalue weighted by molar-refractivity contribution is 0.0699. The van der Waals surface area contributed by atoms with Gasteiger partial charge in [0, 0.05) is 23.7 Å². The average Bonchev–Trinajstić information content (AvgIpc) is 2.95. The van der Waals surface area contributed by atoms with E-state index in [1.54, 1.807) is 16.9 Å². The maximum absolute atomic E-state index is 11.5. The van der Waals surface area contributed by atoms with Gasteiger partial charge in [0.15, 0.2) is 0 Å². The zero-order valence-corrected chi connectivity index (χ0v) is 11.9. The van der Waals surface area contributed by atoms with Gasteiger partial charge in [-0.3, -0.25) is 4.68 Å². The van der Waals surface area contributed by atoms with Crippen molar-refractivity contribution < 1.29 is 9.90 Å². The minimum atomic E-state index is -0.947. The number of aromatic nitrogens is 3. The van der Waals surface area contributed by atoms with Crippen LogP contribution in [0.5, 0.6) is 0 Å². The number of carboxylic acids is 1. The van der Waals surface area contributed by atoms with Gasteiger partial charge in [0.05, 0.1) is 23.0 Å². The first-order valence-electron chi connectivity index (χ1n) is 6.76. The van der Waals surface area contributed by atoms with E-state index in [4.69, 9.17) is 0 Å². The van der Waals surface area contributed by atoms with E-state index < -0.39 is 5.97 Å². The molecule has 106 valence electrons. The maximum Gasteiger partial charge on any atom is 0.336 e. The highest BCUT2D eigenvalue weighted by Gasteiger charge is 2.14. The first-order valence-corrected chi connectivity index (χ1v) is 6.76. The number of benzene rings is 1. The van der Waals surface area contributed by atoms with Gasteiger partial charge in [-0.05, 0) is 32.0 Å². The molecule has 0 spiro atoms. The van der Waals surface area contributed by atoms with Crippen LogP contribution in [0.25, 0.3) is 22.2 Å². The molecule has 3 rings (SSSR count). The summed E-state index contributed by atoms with van der Waals surface area (Å²) in [5.74, 6) is -0.947. The first-order chi connectivity index (χ1) is 10.1. The molecule has 0 aliphatic rings. The van der Waals surface area contributed by atoms with E-state index in [2.05, 4.69) is 10.1 Å². The fraction of sp³-hybridized carbons (Fsp3) is 0.188. The molecular weight excluding hydrogens is 266 g/mol. The number of pyridine rings is 1. The van der Waals surface area contributed by atoms with Gasteiger partial charge in [-0.25, -0.2) is 9.78 Å². The molecule has 5 heteroatoms. The monoisotopic (exact) mass is 281 g/mol. The van der Waals surface area contributed by atoms with Gasteiger partial charge >= 0.3 is 5.97 Å². The highest BCUT2D eigenvalue weighted by atomic mass is 16.4. The third-order valence-electron chi connectivity index (χ3n) is 3.45. The molecule has 0 unspecified atom stereocenters. The predicted octanol–water partition coefficient (Wildman–Crippen LogP) is 3.12. The largest absolute Gasteiger partial charge is 0.478 e. The third-order valence-corrected chi connectivity index (χ3v) is 3.45. The van der Waals surface area contributed by atoms with E-state index in [0.717, 1.165) is 17.7 Å². The van der Waals surface area contributed by atoms with Crippen molar-refractivity contribution in [2.45, 2.75) is 20.4 Å². The molecule has 5 nitrogen and oxygen atoms in total. The summed E-state index contributed by atoms with van der Waals surface area (Å²) < 4.78 is 1.79. The molecule has 2 aromatic heterocycles. The van der Waals surface area contributed by atoms with Crippen molar-refractivity contribution in [1.82, 2.24) is 14.8 Å². The molecule has 0 bridgehead atoms. The molecule has 1 aromatic carbocycles. The summed E-state index contributed by atoms with van der Waals surface area (Å²) >= 11 is 0. The van der Waals surface area contributed by atoms with Gasteiger partial charge in [-0.15, -0.1) is 0 Å². The fourth-order valence-corrected chi connectivity index (χ4v) is 2.33. The number of nitrogens with zero attached hydrogens (tertiary/aromatic N) is 3. The number of fused-ring (bicyclic) bond motifs is 1. The zero-order chi connectivity index (χ0) is 15.0. The van der Waals surface area contributed by atoms with Crippen LogP contribution in [-0.4, -0.2) is 25.8 Å². The van der Waals surface area contributed by atoms with E-state index in [1.807, 2.05) is 38.2 Å². The number of hydrogen-bond donors (Lipinski definition) is 1. The highest BCUT2D eigenvalue weighted by Crippen LogP contribution is 2.25. The fourth-order valence-electron chi connectivity index (χ4n) is 2.33. The van der Waals surface area contributed by atoms with Gasteiger partial charge < -0.3 is 5.11 Å². The summed E-state index contributed by atoms with van der Waals surface area (Å²) in [7, 11) is 0. The van der Waals surface area contributed by atoms with Crippen LogP contribution in [0.4, 0.5) is 0 Å². The van der Waals surface area contributed by atoms with E-state index in [9.17, 15) is 9.90 Å². The van der Waals surface area contributed by atoms with Crippen LogP contribution in [0, 0.1) is 6.92 Å².